The number of nitrogens with zero attached hydrogens (tertiary/aromatic N) is 3. The minimum atomic E-state index is 0.300. The fraction of sp³-hybridized carbons (Fsp3) is 0.375. The Balaban J connectivity index is 2.46. The third kappa shape index (κ3) is 3.05. The molecule has 5 nitrogen and oxygen atoms in total. The molecule has 0 atom stereocenters. The summed E-state index contributed by atoms with van der Waals surface area (Å²) < 4.78 is 5.15. The summed E-state index contributed by atoms with van der Waals surface area (Å²) in [4.78, 5) is 7.68. The van der Waals surface area contributed by atoms with Crippen LogP contribution in [-0.4, -0.2) is 30.2 Å². The molecule has 0 aromatic carbocycles. The molecule has 0 spiro atoms. The topological polar surface area (TPSA) is 70.8 Å². The van der Waals surface area contributed by atoms with Crippen molar-refractivity contribution < 1.29 is 4.74 Å². The first-order valence-corrected chi connectivity index (χ1v) is 3.86. The van der Waals surface area contributed by atoms with Crippen molar-refractivity contribution in [2.45, 2.75) is 0 Å². The molecule has 1 heterocycles. The Morgan fingerprint density at radius 3 is 2.77 bits per heavy atom. The molecule has 0 saturated carbocycles. The number of likely N-dealkylation sites (N-methyl/N-ethyl adjacent to an activating group) is 1. The van der Waals surface area contributed by atoms with Gasteiger partial charge in [-0.3, -0.25) is 0 Å². The minimum absolute atomic E-state index is 0.300. The van der Waals surface area contributed by atoms with E-state index in [0.29, 0.717) is 18.2 Å². The van der Waals surface area contributed by atoms with E-state index in [-0.39, 0.29) is 0 Å². The van der Waals surface area contributed by atoms with E-state index < -0.39 is 0 Å². The van der Waals surface area contributed by atoms with E-state index in [1.165, 1.54) is 12.4 Å². The summed E-state index contributed by atoms with van der Waals surface area (Å²) in [6.45, 7) is 1.26. The molecule has 5 heteroatoms. The Bertz CT molecular complexity index is 290. The zero-order chi connectivity index (χ0) is 9.52. The van der Waals surface area contributed by atoms with Crippen LogP contribution in [0.15, 0.2) is 12.4 Å². The van der Waals surface area contributed by atoms with E-state index in [2.05, 4.69) is 15.3 Å². The highest BCUT2D eigenvalue weighted by atomic mass is 16.5. The van der Waals surface area contributed by atoms with E-state index in [9.17, 15) is 0 Å². The molecule has 1 aromatic rings. The van der Waals surface area contributed by atoms with Crippen molar-refractivity contribution in [1.82, 2.24) is 15.3 Å². The van der Waals surface area contributed by atoms with Gasteiger partial charge in [0.25, 0.3) is 0 Å². The van der Waals surface area contributed by atoms with Crippen molar-refractivity contribution in [1.29, 1.82) is 5.26 Å². The fourth-order valence-electron chi connectivity index (χ4n) is 0.693. The van der Waals surface area contributed by atoms with Crippen LogP contribution >= 0.6 is 0 Å². The van der Waals surface area contributed by atoms with Gasteiger partial charge >= 0.3 is 6.01 Å². The standard InChI is InChI=1S/C8H10N4O/c1-10-2-3-13-8-11-5-7(4-9)6-12-8/h5-6,10H,2-3H2,1H3. The molecule has 1 aromatic heterocycles. The van der Waals surface area contributed by atoms with Crippen LogP contribution in [0.25, 0.3) is 0 Å². The lowest BCUT2D eigenvalue weighted by Gasteiger charge is -2.01. The van der Waals surface area contributed by atoms with Gasteiger partial charge in [-0.2, -0.15) is 5.26 Å². The number of nitrogens with one attached hydrogen (secondary N) is 1. The molecule has 0 aliphatic heterocycles. The van der Waals surface area contributed by atoms with Crippen LogP contribution in [0.5, 0.6) is 6.01 Å². The van der Waals surface area contributed by atoms with E-state index in [1.807, 2.05) is 13.1 Å². The molecule has 0 aliphatic carbocycles. The van der Waals surface area contributed by atoms with Gasteiger partial charge in [0.2, 0.25) is 0 Å². The highest BCUT2D eigenvalue weighted by molar-refractivity contribution is 5.22. The predicted octanol–water partition coefficient (Wildman–Crippen LogP) is -0.0535. The number of rotatable bonds is 4. The molecular formula is C8H10N4O. The first-order chi connectivity index (χ1) is 6.36. The monoisotopic (exact) mass is 178 g/mol. The molecule has 0 radical (unpaired) electrons. The van der Waals surface area contributed by atoms with Crippen molar-refractivity contribution >= 4 is 0 Å². The van der Waals surface area contributed by atoms with Gasteiger partial charge < -0.3 is 10.1 Å². The Morgan fingerprint density at radius 1 is 1.54 bits per heavy atom. The molecular weight excluding hydrogens is 168 g/mol. The van der Waals surface area contributed by atoms with E-state index in [0.717, 1.165) is 6.54 Å². The first kappa shape index (κ1) is 9.42. The highest BCUT2D eigenvalue weighted by Crippen LogP contribution is 2.00. The maximum absolute atomic E-state index is 8.46. The normalized spacial score (nSPS) is 9.23. The van der Waals surface area contributed by atoms with E-state index in [1.54, 1.807) is 0 Å². The molecule has 0 amide bonds. The second-order valence-electron chi connectivity index (χ2n) is 2.32. The molecule has 1 N–H and O–H groups in total. The van der Waals surface area contributed by atoms with Crippen LogP contribution in [0.3, 0.4) is 0 Å². The van der Waals surface area contributed by atoms with E-state index >= 15 is 0 Å². The first-order valence-electron chi connectivity index (χ1n) is 3.86. The molecule has 0 aliphatic rings. The highest BCUT2D eigenvalue weighted by Gasteiger charge is 1.96. The summed E-state index contributed by atoms with van der Waals surface area (Å²) in [5.74, 6) is 0. The molecule has 68 valence electrons. The molecule has 1 rings (SSSR count). The van der Waals surface area contributed by atoms with Gasteiger partial charge in [0.15, 0.2) is 0 Å². The Morgan fingerprint density at radius 2 is 2.23 bits per heavy atom. The van der Waals surface area contributed by atoms with Crippen LogP contribution in [-0.2, 0) is 0 Å². The van der Waals surface area contributed by atoms with Crippen molar-refractivity contribution in [3.8, 4) is 12.1 Å². The maximum atomic E-state index is 8.46. The van der Waals surface area contributed by atoms with Crippen LogP contribution in [0.4, 0.5) is 0 Å². The van der Waals surface area contributed by atoms with Crippen LogP contribution in [0, 0.1) is 11.3 Å². The molecule has 0 unspecified atom stereocenters. The molecule has 13 heavy (non-hydrogen) atoms. The van der Waals surface area contributed by atoms with Gasteiger partial charge in [-0.15, -0.1) is 0 Å². The summed E-state index contributed by atoms with van der Waals surface area (Å²) in [6, 6.07) is 2.23. The molecule has 0 bridgehead atoms. The molecule has 0 fully saturated rings. The predicted molar refractivity (Wildman–Crippen MR) is 46.2 cm³/mol. The van der Waals surface area contributed by atoms with Crippen molar-refractivity contribution in [2.75, 3.05) is 20.2 Å². The van der Waals surface area contributed by atoms with Crippen molar-refractivity contribution in [3.05, 3.63) is 18.0 Å². The van der Waals surface area contributed by atoms with Gasteiger partial charge in [-0.25, -0.2) is 9.97 Å². The smallest absolute Gasteiger partial charge is 0.316 e. The lowest BCUT2D eigenvalue weighted by molar-refractivity contribution is 0.293. The third-order valence-corrected chi connectivity index (χ3v) is 1.34. The number of ether oxygens (including phenoxy) is 1. The SMILES string of the molecule is CNCCOc1ncc(C#N)cn1. The lowest BCUT2D eigenvalue weighted by atomic mass is 10.4. The summed E-state index contributed by atoms with van der Waals surface area (Å²) in [6.07, 6.45) is 2.86. The summed E-state index contributed by atoms with van der Waals surface area (Å²) in [5, 5.41) is 11.4. The maximum Gasteiger partial charge on any atom is 0.316 e. The summed E-state index contributed by atoms with van der Waals surface area (Å²) >= 11 is 0. The van der Waals surface area contributed by atoms with Crippen molar-refractivity contribution in [3.63, 3.8) is 0 Å². The third-order valence-electron chi connectivity index (χ3n) is 1.34. The van der Waals surface area contributed by atoms with Crippen molar-refractivity contribution in [2.24, 2.45) is 0 Å². The average molecular weight is 178 g/mol. The largest absolute Gasteiger partial charge is 0.462 e. The Kier molecular flexibility index (Phi) is 3.67. The number of hydrogen-bond donors (Lipinski definition) is 1. The second-order valence-corrected chi connectivity index (χ2v) is 2.32. The zero-order valence-corrected chi connectivity index (χ0v) is 7.32. The van der Waals surface area contributed by atoms with Gasteiger partial charge in [0.1, 0.15) is 12.7 Å². The van der Waals surface area contributed by atoms with Crippen LogP contribution < -0.4 is 10.1 Å². The van der Waals surface area contributed by atoms with Gasteiger partial charge in [0.05, 0.1) is 18.0 Å². The van der Waals surface area contributed by atoms with Gasteiger partial charge in [0, 0.05) is 6.54 Å². The van der Waals surface area contributed by atoms with Gasteiger partial charge in [-0.05, 0) is 7.05 Å². The van der Waals surface area contributed by atoms with E-state index in [4.69, 9.17) is 10.00 Å². The summed E-state index contributed by atoms with van der Waals surface area (Å²) in [5.41, 5.74) is 0.431. The average Bonchev–Trinajstić information content (AvgIpc) is 2.19. The Hall–Kier alpha value is -1.67. The zero-order valence-electron chi connectivity index (χ0n) is 7.32. The molecule has 0 saturated heterocycles. The quantitative estimate of drug-likeness (QED) is 0.654. The lowest BCUT2D eigenvalue weighted by Crippen LogP contribution is -2.16. The fourth-order valence-corrected chi connectivity index (χ4v) is 0.693. The van der Waals surface area contributed by atoms with Crippen LogP contribution in [0.2, 0.25) is 0 Å². The number of aromatic nitrogens is 2. The number of nitriles is 1. The van der Waals surface area contributed by atoms with Crippen LogP contribution in [0.1, 0.15) is 5.56 Å². The Labute approximate surface area is 76.4 Å². The minimum Gasteiger partial charge on any atom is -0.462 e. The second kappa shape index (κ2) is 5.06. The number of hydrogen-bond acceptors (Lipinski definition) is 5. The summed E-state index contributed by atoms with van der Waals surface area (Å²) in [7, 11) is 1.84. The van der Waals surface area contributed by atoms with Gasteiger partial charge in [-0.1, -0.05) is 0 Å².